The maximum Gasteiger partial charge on any atom is 0.416 e. The first-order valence-electron chi connectivity index (χ1n) is 8.24. The van der Waals surface area contributed by atoms with Crippen molar-refractivity contribution in [2.75, 3.05) is 19.0 Å². The predicted molar refractivity (Wildman–Crippen MR) is 95.8 cm³/mol. The summed E-state index contributed by atoms with van der Waals surface area (Å²) in [6.45, 7) is -0.376. The van der Waals surface area contributed by atoms with Crippen molar-refractivity contribution in [2.24, 2.45) is 0 Å². The summed E-state index contributed by atoms with van der Waals surface area (Å²) in [4.78, 5) is 35.0. The zero-order valence-electron chi connectivity index (χ0n) is 15.1. The molecule has 0 heterocycles. The topological polar surface area (TPSA) is 105 Å². The molecular formula is C19H17F3N2O5. The minimum Gasteiger partial charge on any atom is -0.465 e. The van der Waals surface area contributed by atoms with Crippen molar-refractivity contribution in [2.45, 2.75) is 12.3 Å². The van der Waals surface area contributed by atoms with E-state index >= 15 is 0 Å². The molecular weight excluding hydrogens is 393 g/mol. The van der Waals surface area contributed by atoms with Crippen molar-refractivity contribution < 1.29 is 37.4 Å². The minimum atomic E-state index is -4.50. The van der Waals surface area contributed by atoms with E-state index in [1.807, 2.05) is 0 Å². The van der Waals surface area contributed by atoms with Crippen molar-refractivity contribution in [1.82, 2.24) is 5.32 Å². The van der Waals surface area contributed by atoms with Crippen molar-refractivity contribution in [1.29, 1.82) is 0 Å². The summed E-state index contributed by atoms with van der Waals surface area (Å²) in [5.74, 6) is -2.62. The van der Waals surface area contributed by atoms with Crippen LogP contribution in [0.4, 0.5) is 18.9 Å². The molecule has 0 radical (unpaired) electrons. The molecule has 0 aliphatic heterocycles. The molecule has 0 fully saturated rings. The third kappa shape index (κ3) is 6.04. The van der Waals surface area contributed by atoms with Gasteiger partial charge in [-0.3, -0.25) is 9.59 Å². The van der Waals surface area contributed by atoms with Crippen LogP contribution in [0.1, 0.15) is 27.6 Å². The molecule has 1 unspecified atom stereocenters. The molecule has 2 amide bonds. The maximum atomic E-state index is 12.5. The Morgan fingerprint density at radius 1 is 1.00 bits per heavy atom. The molecule has 10 heteroatoms. The van der Waals surface area contributed by atoms with Gasteiger partial charge in [-0.2, -0.15) is 13.2 Å². The van der Waals surface area contributed by atoms with E-state index < -0.39 is 35.6 Å². The highest BCUT2D eigenvalue weighted by atomic mass is 19.4. The van der Waals surface area contributed by atoms with Crippen molar-refractivity contribution in [3.8, 4) is 0 Å². The van der Waals surface area contributed by atoms with Gasteiger partial charge >= 0.3 is 24.0 Å². The molecule has 3 N–H and O–H groups in total. The van der Waals surface area contributed by atoms with Crippen LogP contribution in [-0.4, -0.2) is 36.5 Å². The number of alkyl halides is 3. The number of benzene rings is 2. The molecule has 2 aromatic rings. The first-order valence-corrected chi connectivity index (χ1v) is 8.24. The van der Waals surface area contributed by atoms with E-state index in [9.17, 15) is 32.7 Å². The predicted octanol–water partition coefficient (Wildman–Crippen LogP) is 2.28. The van der Waals surface area contributed by atoms with Crippen LogP contribution in [0.5, 0.6) is 0 Å². The summed E-state index contributed by atoms with van der Waals surface area (Å²) < 4.78 is 42.1. The molecule has 0 spiro atoms. The van der Waals surface area contributed by atoms with E-state index in [-0.39, 0.29) is 23.4 Å². The molecule has 7 nitrogen and oxygen atoms in total. The van der Waals surface area contributed by atoms with Gasteiger partial charge in [0.15, 0.2) is 0 Å². The Hall–Kier alpha value is -3.40. The molecule has 154 valence electrons. The Kier molecular flexibility index (Phi) is 6.94. The summed E-state index contributed by atoms with van der Waals surface area (Å²) in [6, 6.07) is 9.38. The normalized spacial score (nSPS) is 12.0. The number of aliphatic hydroxyl groups is 1. The fourth-order valence-corrected chi connectivity index (χ4v) is 2.28. The van der Waals surface area contributed by atoms with Gasteiger partial charge in [0, 0.05) is 12.2 Å². The second-order valence-corrected chi connectivity index (χ2v) is 5.87. The van der Waals surface area contributed by atoms with Crippen LogP contribution >= 0.6 is 0 Å². The number of carbonyl (C=O) groups is 3. The summed E-state index contributed by atoms with van der Waals surface area (Å²) in [7, 11) is 1.22. The highest BCUT2D eigenvalue weighted by Gasteiger charge is 2.30. The minimum absolute atomic E-state index is 0.150. The SMILES string of the molecule is COC(=O)c1ccc(NC(=O)C(=O)NCC(O)c2ccc(C(F)(F)F)cc2)cc1. The summed E-state index contributed by atoms with van der Waals surface area (Å²) in [5.41, 5.74) is -0.206. The number of hydrogen-bond acceptors (Lipinski definition) is 5. The third-order valence-corrected chi connectivity index (χ3v) is 3.85. The van der Waals surface area contributed by atoms with Crippen molar-refractivity contribution >= 4 is 23.5 Å². The molecule has 2 rings (SSSR count). The Bertz CT molecular complexity index is 880. The fourth-order valence-electron chi connectivity index (χ4n) is 2.28. The number of esters is 1. The fraction of sp³-hybridized carbons (Fsp3) is 0.211. The average molecular weight is 410 g/mol. The van der Waals surface area contributed by atoms with Gasteiger partial charge in [0.25, 0.3) is 0 Å². The van der Waals surface area contributed by atoms with E-state index in [2.05, 4.69) is 15.4 Å². The number of nitrogens with one attached hydrogen (secondary N) is 2. The molecule has 2 aromatic carbocycles. The van der Waals surface area contributed by atoms with Crippen LogP contribution in [0.2, 0.25) is 0 Å². The molecule has 0 bridgehead atoms. The highest BCUT2D eigenvalue weighted by Crippen LogP contribution is 2.29. The van der Waals surface area contributed by atoms with Gasteiger partial charge in [-0.25, -0.2) is 4.79 Å². The molecule has 0 saturated heterocycles. The summed E-state index contributed by atoms with van der Waals surface area (Å²) in [5, 5.41) is 14.5. The summed E-state index contributed by atoms with van der Waals surface area (Å²) in [6.07, 6.45) is -5.79. The smallest absolute Gasteiger partial charge is 0.416 e. The molecule has 29 heavy (non-hydrogen) atoms. The number of halogens is 3. The largest absolute Gasteiger partial charge is 0.465 e. The second kappa shape index (κ2) is 9.20. The van der Waals surface area contributed by atoms with Crippen LogP contribution < -0.4 is 10.6 Å². The number of carbonyl (C=O) groups excluding carboxylic acids is 3. The lowest BCUT2D eigenvalue weighted by atomic mass is 10.1. The van der Waals surface area contributed by atoms with Crippen LogP contribution in [0.3, 0.4) is 0 Å². The van der Waals surface area contributed by atoms with Crippen molar-refractivity contribution in [3.63, 3.8) is 0 Å². The van der Waals surface area contributed by atoms with E-state index in [0.717, 1.165) is 24.3 Å². The monoisotopic (exact) mass is 410 g/mol. The number of methoxy groups -OCH3 is 1. The first-order chi connectivity index (χ1) is 13.6. The van der Waals surface area contributed by atoms with Crippen molar-refractivity contribution in [3.05, 3.63) is 65.2 Å². The third-order valence-electron chi connectivity index (χ3n) is 3.85. The number of hydrogen-bond donors (Lipinski definition) is 3. The van der Waals surface area contributed by atoms with Gasteiger partial charge in [0.05, 0.1) is 24.3 Å². The molecule has 0 saturated carbocycles. The second-order valence-electron chi connectivity index (χ2n) is 5.87. The molecule has 0 aromatic heterocycles. The van der Waals surface area contributed by atoms with E-state index in [1.54, 1.807) is 0 Å². The zero-order chi connectivity index (χ0) is 21.6. The number of anilines is 1. The van der Waals surface area contributed by atoms with Gasteiger partial charge < -0.3 is 20.5 Å². The van der Waals surface area contributed by atoms with Crippen LogP contribution in [0.15, 0.2) is 48.5 Å². The molecule has 0 aliphatic rings. The van der Waals surface area contributed by atoms with Crippen LogP contribution in [0.25, 0.3) is 0 Å². The van der Waals surface area contributed by atoms with Gasteiger partial charge in [-0.05, 0) is 42.0 Å². The molecule has 1 atom stereocenters. The van der Waals surface area contributed by atoms with E-state index in [4.69, 9.17) is 0 Å². The Morgan fingerprint density at radius 3 is 2.10 bits per heavy atom. The Balaban J connectivity index is 1.88. The quantitative estimate of drug-likeness (QED) is 0.518. The lowest BCUT2D eigenvalue weighted by Crippen LogP contribution is -2.37. The standard InChI is InChI=1S/C19H17F3N2O5/c1-29-18(28)12-4-8-14(9-5-12)24-17(27)16(26)23-10-15(25)11-2-6-13(7-3-11)19(20,21)22/h2-9,15,25H,10H2,1H3,(H,23,26)(H,24,27). The van der Waals surface area contributed by atoms with Crippen LogP contribution in [-0.2, 0) is 20.5 Å². The number of rotatable bonds is 5. The highest BCUT2D eigenvalue weighted by molar-refractivity contribution is 6.39. The van der Waals surface area contributed by atoms with Gasteiger partial charge in [-0.1, -0.05) is 12.1 Å². The van der Waals surface area contributed by atoms with Gasteiger partial charge in [0.2, 0.25) is 0 Å². The van der Waals surface area contributed by atoms with Crippen LogP contribution in [0, 0.1) is 0 Å². The lowest BCUT2D eigenvalue weighted by Gasteiger charge is -2.13. The van der Waals surface area contributed by atoms with E-state index in [0.29, 0.717) is 0 Å². The summed E-state index contributed by atoms with van der Waals surface area (Å²) >= 11 is 0. The molecule has 0 aliphatic carbocycles. The average Bonchev–Trinajstić information content (AvgIpc) is 2.71. The zero-order valence-corrected chi connectivity index (χ0v) is 15.1. The number of aliphatic hydroxyl groups excluding tert-OH is 1. The maximum absolute atomic E-state index is 12.5. The Morgan fingerprint density at radius 2 is 1.59 bits per heavy atom. The number of ether oxygens (including phenoxy) is 1. The van der Waals surface area contributed by atoms with Gasteiger partial charge in [-0.15, -0.1) is 0 Å². The van der Waals surface area contributed by atoms with E-state index in [1.165, 1.54) is 31.4 Å². The Labute approximate surface area is 163 Å². The number of amides is 2. The first kappa shape index (κ1) is 21.9. The lowest BCUT2D eigenvalue weighted by molar-refractivity contribution is -0.137. The van der Waals surface area contributed by atoms with Gasteiger partial charge in [0.1, 0.15) is 0 Å².